The minimum absolute atomic E-state index is 0.0702. The zero-order valence-corrected chi connectivity index (χ0v) is 8.59. The monoisotopic (exact) mass is 237 g/mol. The van der Waals surface area contributed by atoms with Gasteiger partial charge >= 0.3 is 5.97 Å². The van der Waals surface area contributed by atoms with Gasteiger partial charge in [0.1, 0.15) is 6.61 Å². The number of nitrogens with zero attached hydrogens (tertiary/aromatic N) is 1. The maximum Gasteiger partial charge on any atom is 0.358 e. The Kier molecular flexibility index (Phi) is 3.04. The van der Waals surface area contributed by atoms with E-state index in [1.165, 1.54) is 18.2 Å². The molecular formula is C11H8FNO4. The van der Waals surface area contributed by atoms with Gasteiger partial charge in [0.15, 0.2) is 23.0 Å². The number of carboxylic acid groups (broad SMARTS) is 1. The lowest BCUT2D eigenvalue weighted by Crippen LogP contribution is -1.97. The largest absolute Gasteiger partial charge is 0.482 e. The smallest absolute Gasteiger partial charge is 0.358 e. The van der Waals surface area contributed by atoms with Crippen molar-refractivity contribution in [1.82, 2.24) is 5.16 Å². The molecule has 2 aromatic rings. The molecule has 0 radical (unpaired) electrons. The summed E-state index contributed by atoms with van der Waals surface area (Å²) in [6.45, 7) is -0.0821. The number of hydrogen-bond acceptors (Lipinski definition) is 4. The maximum absolute atomic E-state index is 13.2. The Hall–Kier alpha value is -2.37. The van der Waals surface area contributed by atoms with E-state index < -0.39 is 11.8 Å². The van der Waals surface area contributed by atoms with Gasteiger partial charge in [0, 0.05) is 6.07 Å². The number of halogens is 1. The van der Waals surface area contributed by atoms with Gasteiger partial charge in [-0.1, -0.05) is 17.3 Å². The number of ether oxygens (including phenoxy) is 1. The van der Waals surface area contributed by atoms with E-state index in [2.05, 4.69) is 5.16 Å². The molecule has 0 saturated carbocycles. The molecule has 0 unspecified atom stereocenters. The normalized spacial score (nSPS) is 10.2. The second-order valence-electron chi connectivity index (χ2n) is 3.20. The first-order valence-corrected chi connectivity index (χ1v) is 4.73. The quantitative estimate of drug-likeness (QED) is 0.881. The lowest BCUT2D eigenvalue weighted by molar-refractivity contribution is 0.0685. The van der Waals surface area contributed by atoms with E-state index >= 15 is 0 Å². The Balaban J connectivity index is 2.02. The minimum Gasteiger partial charge on any atom is -0.482 e. The Morgan fingerprint density at radius 3 is 2.88 bits per heavy atom. The molecular weight excluding hydrogens is 229 g/mol. The summed E-state index contributed by atoms with van der Waals surface area (Å²) in [4.78, 5) is 10.5. The third kappa shape index (κ3) is 2.60. The van der Waals surface area contributed by atoms with Crippen LogP contribution in [0.3, 0.4) is 0 Å². The van der Waals surface area contributed by atoms with Crippen molar-refractivity contribution < 1.29 is 23.6 Å². The molecule has 6 heteroatoms. The first kappa shape index (κ1) is 11.1. The van der Waals surface area contributed by atoms with E-state index in [4.69, 9.17) is 14.4 Å². The van der Waals surface area contributed by atoms with Gasteiger partial charge in [-0.2, -0.15) is 0 Å². The number of rotatable bonds is 4. The van der Waals surface area contributed by atoms with Crippen LogP contribution in [0.5, 0.6) is 5.75 Å². The number of hydrogen-bond donors (Lipinski definition) is 1. The summed E-state index contributed by atoms with van der Waals surface area (Å²) in [5.74, 6) is -1.40. The fourth-order valence-corrected chi connectivity index (χ4v) is 1.19. The SMILES string of the molecule is O=C(O)c1cc(COc2ccccc2F)on1. The molecule has 0 fully saturated rings. The zero-order chi connectivity index (χ0) is 12.3. The van der Waals surface area contributed by atoms with Crippen molar-refractivity contribution in [3.8, 4) is 5.75 Å². The highest BCUT2D eigenvalue weighted by molar-refractivity contribution is 5.85. The minimum atomic E-state index is -1.19. The van der Waals surface area contributed by atoms with E-state index in [0.29, 0.717) is 0 Å². The molecule has 0 aliphatic rings. The van der Waals surface area contributed by atoms with Crippen LogP contribution in [0, 0.1) is 5.82 Å². The third-order valence-electron chi connectivity index (χ3n) is 1.98. The number of aromatic carboxylic acids is 1. The molecule has 0 spiro atoms. The van der Waals surface area contributed by atoms with Crippen molar-refractivity contribution in [3.63, 3.8) is 0 Å². The highest BCUT2D eigenvalue weighted by Gasteiger charge is 2.11. The summed E-state index contributed by atoms with van der Waals surface area (Å²) < 4.78 is 23.0. The first-order valence-electron chi connectivity index (χ1n) is 4.73. The van der Waals surface area contributed by atoms with Crippen molar-refractivity contribution in [3.05, 3.63) is 47.6 Å². The van der Waals surface area contributed by atoms with Crippen LogP contribution in [-0.2, 0) is 6.61 Å². The highest BCUT2D eigenvalue weighted by Crippen LogP contribution is 2.17. The Morgan fingerprint density at radius 2 is 2.24 bits per heavy atom. The molecule has 0 amide bonds. The van der Waals surface area contributed by atoms with Crippen molar-refractivity contribution in [1.29, 1.82) is 0 Å². The predicted molar refractivity (Wildman–Crippen MR) is 54.2 cm³/mol. The molecule has 0 atom stereocenters. The molecule has 0 saturated heterocycles. The molecule has 1 aromatic carbocycles. The number of para-hydroxylation sites is 1. The summed E-state index contributed by atoms with van der Waals surface area (Å²) in [5.41, 5.74) is -0.211. The lowest BCUT2D eigenvalue weighted by Gasteiger charge is -2.03. The van der Waals surface area contributed by atoms with Crippen molar-refractivity contribution in [2.24, 2.45) is 0 Å². The molecule has 1 heterocycles. The number of aromatic nitrogens is 1. The average Bonchev–Trinajstić information content (AvgIpc) is 2.77. The average molecular weight is 237 g/mol. The predicted octanol–water partition coefficient (Wildman–Crippen LogP) is 2.09. The van der Waals surface area contributed by atoms with Gasteiger partial charge < -0.3 is 14.4 Å². The fourth-order valence-electron chi connectivity index (χ4n) is 1.19. The number of benzene rings is 1. The van der Waals surface area contributed by atoms with Crippen LogP contribution in [0.4, 0.5) is 4.39 Å². The molecule has 5 nitrogen and oxygen atoms in total. The van der Waals surface area contributed by atoms with Gasteiger partial charge in [-0.05, 0) is 12.1 Å². The van der Waals surface area contributed by atoms with Crippen LogP contribution in [0.15, 0.2) is 34.9 Å². The van der Waals surface area contributed by atoms with E-state index in [-0.39, 0.29) is 23.8 Å². The summed E-state index contributed by atoms with van der Waals surface area (Å²) in [6.07, 6.45) is 0. The van der Waals surface area contributed by atoms with E-state index in [9.17, 15) is 9.18 Å². The zero-order valence-electron chi connectivity index (χ0n) is 8.59. The molecule has 1 aromatic heterocycles. The van der Waals surface area contributed by atoms with Crippen molar-refractivity contribution in [2.45, 2.75) is 6.61 Å². The fraction of sp³-hybridized carbons (Fsp3) is 0.0909. The van der Waals surface area contributed by atoms with Crippen LogP contribution in [0.2, 0.25) is 0 Å². The van der Waals surface area contributed by atoms with E-state index in [0.717, 1.165) is 0 Å². The van der Waals surface area contributed by atoms with Crippen LogP contribution >= 0.6 is 0 Å². The van der Waals surface area contributed by atoms with Crippen LogP contribution in [-0.4, -0.2) is 16.2 Å². The molecule has 2 rings (SSSR count). The molecule has 0 bridgehead atoms. The Bertz CT molecular complexity index is 538. The van der Waals surface area contributed by atoms with Gasteiger partial charge in [-0.15, -0.1) is 0 Å². The Morgan fingerprint density at radius 1 is 1.47 bits per heavy atom. The molecule has 1 N–H and O–H groups in total. The third-order valence-corrected chi connectivity index (χ3v) is 1.98. The number of carboxylic acids is 1. The van der Waals surface area contributed by atoms with E-state index in [1.54, 1.807) is 12.1 Å². The lowest BCUT2D eigenvalue weighted by atomic mass is 10.3. The standard InChI is InChI=1S/C11H8FNO4/c12-8-3-1-2-4-10(8)16-6-7-5-9(11(14)15)13-17-7/h1-5H,6H2,(H,14,15). The number of carbonyl (C=O) groups is 1. The van der Waals surface area contributed by atoms with Crippen LogP contribution < -0.4 is 4.74 Å². The first-order chi connectivity index (χ1) is 8.16. The summed E-state index contributed by atoms with van der Waals surface area (Å²) in [7, 11) is 0. The van der Waals surface area contributed by atoms with Gasteiger partial charge in [0.25, 0.3) is 0 Å². The summed E-state index contributed by atoms with van der Waals surface area (Å²) in [6, 6.07) is 7.12. The topological polar surface area (TPSA) is 72.6 Å². The van der Waals surface area contributed by atoms with Gasteiger partial charge in [0.2, 0.25) is 0 Å². The highest BCUT2D eigenvalue weighted by atomic mass is 19.1. The maximum atomic E-state index is 13.2. The van der Waals surface area contributed by atoms with Crippen molar-refractivity contribution in [2.75, 3.05) is 0 Å². The summed E-state index contributed by atoms with van der Waals surface area (Å²) in [5, 5.41) is 11.9. The molecule has 0 aliphatic heterocycles. The van der Waals surface area contributed by atoms with Crippen LogP contribution in [0.25, 0.3) is 0 Å². The molecule has 17 heavy (non-hydrogen) atoms. The molecule has 0 aliphatic carbocycles. The van der Waals surface area contributed by atoms with Gasteiger partial charge in [0.05, 0.1) is 0 Å². The van der Waals surface area contributed by atoms with Gasteiger partial charge in [-0.25, -0.2) is 9.18 Å². The second kappa shape index (κ2) is 4.65. The Labute approximate surface area is 95.4 Å². The van der Waals surface area contributed by atoms with Gasteiger partial charge in [-0.3, -0.25) is 0 Å². The second-order valence-corrected chi connectivity index (χ2v) is 3.20. The van der Waals surface area contributed by atoms with E-state index in [1.807, 2.05) is 0 Å². The van der Waals surface area contributed by atoms with Crippen LogP contribution in [0.1, 0.15) is 16.2 Å². The van der Waals surface area contributed by atoms with Crippen molar-refractivity contribution >= 4 is 5.97 Å². The summed E-state index contributed by atoms with van der Waals surface area (Å²) >= 11 is 0. The molecule has 88 valence electrons.